The number of allylic oxidation sites excluding steroid dienone is 1. The third kappa shape index (κ3) is 6.55. The fraction of sp³-hybridized carbons (Fsp3) is 0.190. The lowest BCUT2D eigenvalue weighted by molar-refractivity contribution is -0.129. The van der Waals surface area contributed by atoms with Crippen molar-refractivity contribution in [2.45, 2.75) is 26.3 Å². The molecule has 2 N–H and O–H groups in total. The molecule has 0 heterocycles. The summed E-state index contributed by atoms with van der Waals surface area (Å²) in [5, 5.41) is 13.5. The maximum absolute atomic E-state index is 11.9. The third-order valence-electron chi connectivity index (χ3n) is 3.11. The minimum atomic E-state index is -0.636. The van der Waals surface area contributed by atoms with Gasteiger partial charge in [0.05, 0.1) is 6.08 Å². The number of esters is 1. The van der Waals surface area contributed by atoms with E-state index in [2.05, 4.69) is 5.32 Å². The lowest BCUT2D eigenvalue weighted by Crippen LogP contribution is -2.34. The van der Waals surface area contributed by atoms with Crippen molar-refractivity contribution in [3.8, 4) is 5.75 Å². The van der Waals surface area contributed by atoms with Crippen LogP contribution in [0.5, 0.6) is 5.75 Å². The fourth-order valence-electron chi connectivity index (χ4n) is 2.16. The quantitative estimate of drug-likeness (QED) is 0.278. The average molecular weight is 337 g/mol. The molecular weight excluding hydrogens is 314 g/mol. The molecule has 130 valence electrons. The first-order valence-electron chi connectivity index (χ1n) is 8.06. The number of aliphatic hydroxyl groups excluding tert-OH is 1. The number of hydrogen-bond donors (Lipinski definition) is 2. The normalized spacial score (nSPS) is 12.6. The molecule has 2 aromatic rings. The molecule has 0 fully saturated rings. The molecule has 0 aliphatic heterocycles. The number of carbonyl (C=O) groups is 1. The van der Waals surface area contributed by atoms with Gasteiger partial charge in [-0.3, -0.25) is 0 Å². The number of carbonyl (C=O) groups excluding carboxylic acids is 1. The second-order valence-corrected chi connectivity index (χ2v) is 6.60. The van der Waals surface area contributed by atoms with Crippen LogP contribution in [-0.2, 0) is 4.79 Å². The van der Waals surface area contributed by atoms with E-state index in [9.17, 15) is 9.90 Å². The fourth-order valence-corrected chi connectivity index (χ4v) is 2.16. The minimum absolute atomic E-state index is 0.184. The molecule has 2 aromatic carbocycles. The molecule has 0 amide bonds. The van der Waals surface area contributed by atoms with E-state index in [1.54, 1.807) is 24.3 Å². The van der Waals surface area contributed by atoms with Crippen molar-refractivity contribution in [1.29, 1.82) is 0 Å². The van der Waals surface area contributed by atoms with Crippen LogP contribution in [0.2, 0.25) is 0 Å². The van der Waals surface area contributed by atoms with Crippen molar-refractivity contribution < 1.29 is 14.6 Å². The zero-order chi connectivity index (χ0) is 18.3. The molecule has 0 aromatic heterocycles. The van der Waals surface area contributed by atoms with Crippen molar-refractivity contribution >= 4 is 11.7 Å². The molecule has 0 aliphatic carbocycles. The first-order valence-corrected chi connectivity index (χ1v) is 8.06. The van der Waals surface area contributed by atoms with Crippen LogP contribution in [0.3, 0.4) is 0 Å². The van der Waals surface area contributed by atoms with Crippen LogP contribution in [0.1, 0.15) is 26.3 Å². The second-order valence-electron chi connectivity index (χ2n) is 6.60. The van der Waals surface area contributed by atoms with Gasteiger partial charge in [0.2, 0.25) is 0 Å². The van der Waals surface area contributed by atoms with Crippen molar-refractivity contribution in [2.75, 3.05) is 0 Å². The Hall–Kier alpha value is -3.01. The summed E-state index contributed by atoms with van der Waals surface area (Å²) in [6.45, 7) is 6.07. The SMILES string of the molecule is CC(C)(C)N/C(=C\C(O)=C\C(=O)Oc1ccccc1)c1ccccc1. The molecule has 4 heteroatoms. The molecule has 25 heavy (non-hydrogen) atoms. The molecular formula is C21H23NO3. The summed E-state index contributed by atoms with van der Waals surface area (Å²) in [6.07, 6.45) is 2.58. The van der Waals surface area contributed by atoms with Gasteiger partial charge in [0.25, 0.3) is 0 Å². The Labute approximate surface area is 148 Å². The Bertz CT molecular complexity index is 757. The van der Waals surface area contributed by atoms with Gasteiger partial charge in [-0.2, -0.15) is 0 Å². The van der Waals surface area contributed by atoms with Crippen LogP contribution in [-0.4, -0.2) is 16.6 Å². The standard InChI is InChI=1S/C21H23NO3/c1-21(2,3)22-19(16-10-6-4-7-11-16)14-17(23)15-20(24)25-18-12-8-5-9-13-18/h4-15,22-23H,1-3H3/b17-15-,19-14-. The van der Waals surface area contributed by atoms with E-state index in [0.29, 0.717) is 5.75 Å². The van der Waals surface area contributed by atoms with E-state index < -0.39 is 5.97 Å². The summed E-state index contributed by atoms with van der Waals surface area (Å²) in [7, 11) is 0. The van der Waals surface area contributed by atoms with Crippen LogP contribution < -0.4 is 10.1 Å². The number of benzene rings is 2. The lowest BCUT2D eigenvalue weighted by atomic mass is 10.0. The maximum atomic E-state index is 11.9. The predicted molar refractivity (Wildman–Crippen MR) is 100 cm³/mol. The van der Waals surface area contributed by atoms with E-state index in [4.69, 9.17) is 4.74 Å². The summed E-state index contributed by atoms with van der Waals surface area (Å²) >= 11 is 0. The van der Waals surface area contributed by atoms with Crippen molar-refractivity contribution in [3.63, 3.8) is 0 Å². The lowest BCUT2D eigenvalue weighted by Gasteiger charge is -2.24. The van der Waals surface area contributed by atoms with E-state index >= 15 is 0 Å². The van der Waals surface area contributed by atoms with Crippen molar-refractivity contribution in [2.24, 2.45) is 0 Å². The topological polar surface area (TPSA) is 58.6 Å². The molecule has 0 spiro atoms. The highest BCUT2D eigenvalue weighted by molar-refractivity contribution is 5.85. The smallest absolute Gasteiger partial charge is 0.339 e. The zero-order valence-electron chi connectivity index (χ0n) is 14.7. The van der Waals surface area contributed by atoms with E-state index in [1.165, 1.54) is 6.08 Å². The monoisotopic (exact) mass is 337 g/mol. The van der Waals surface area contributed by atoms with Gasteiger partial charge in [0, 0.05) is 17.3 Å². The summed E-state index contributed by atoms with van der Waals surface area (Å²) in [4.78, 5) is 11.9. The number of hydrogen-bond acceptors (Lipinski definition) is 4. The number of nitrogens with one attached hydrogen (secondary N) is 1. The highest BCUT2D eigenvalue weighted by Gasteiger charge is 2.13. The van der Waals surface area contributed by atoms with E-state index in [-0.39, 0.29) is 11.3 Å². The van der Waals surface area contributed by atoms with Gasteiger partial charge in [-0.15, -0.1) is 0 Å². The Kier molecular flexibility index (Phi) is 6.01. The van der Waals surface area contributed by atoms with Gasteiger partial charge in [-0.05, 0) is 38.5 Å². The average Bonchev–Trinajstić information content (AvgIpc) is 2.54. The Balaban J connectivity index is 2.20. The number of para-hydroxylation sites is 1. The molecule has 0 atom stereocenters. The van der Waals surface area contributed by atoms with Gasteiger partial charge in [0.15, 0.2) is 0 Å². The molecule has 0 saturated carbocycles. The van der Waals surface area contributed by atoms with Gasteiger partial charge >= 0.3 is 5.97 Å². The van der Waals surface area contributed by atoms with Crippen LogP contribution in [0, 0.1) is 0 Å². The highest BCUT2D eigenvalue weighted by Crippen LogP contribution is 2.17. The van der Waals surface area contributed by atoms with Gasteiger partial charge in [-0.1, -0.05) is 48.5 Å². The maximum Gasteiger partial charge on any atom is 0.339 e. The number of aliphatic hydroxyl groups is 1. The molecule has 0 aliphatic rings. The van der Waals surface area contributed by atoms with Crippen LogP contribution in [0.4, 0.5) is 0 Å². The summed E-state index contributed by atoms with van der Waals surface area (Å²) in [5.74, 6) is -0.392. The predicted octanol–water partition coefficient (Wildman–Crippen LogP) is 4.46. The van der Waals surface area contributed by atoms with Crippen molar-refractivity contribution in [3.05, 3.63) is 84.1 Å². The Morgan fingerprint density at radius 3 is 2.08 bits per heavy atom. The zero-order valence-corrected chi connectivity index (χ0v) is 14.7. The van der Waals surface area contributed by atoms with E-state index in [0.717, 1.165) is 17.3 Å². The van der Waals surface area contributed by atoms with E-state index in [1.807, 2.05) is 57.2 Å². The Morgan fingerprint density at radius 2 is 1.52 bits per heavy atom. The molecule has 0 saturated heterocycles. The van der Waals surface area contributed by atoms with Gasteiger partial charge in [0.1, 0.15) is 11.5 Å². The van der Waals surface area contributed by atoms with Gasteiger partial charge in [-0.25, -0.2) is 4.79 Å². The molecule has 0 unspecified atom stereocenters. The Morgan fingerprint density at radius 1 is 0.960 bits per heavy atom. The highest BCUT2D eigenvalue weighted by atomic mass is 16.5. The third-order valence-corrected chi connectivity index (χ3v) is 3.11. The van der Waals surface area contributed by atoms with Gasteiger partial charge < -0.3 is 15.2 Å². The van der Waals surface area contributed by atoms with Crippen LogP contribution in [0.25, 0.3) is 5.70 Å². The summed E-state index contributed by atoms with van der Waals surface area (Å²) < 4.78 is 5.15. The molecule has 0 bridgehead atoms. The number of rotatable bonds is 5. The van der Waals surface area contributed by atoms with Crippen LogP contribution >= 0.6 is 0 Å². The first-order chi connectivity index (χ1) is 11.8. The van der Waals surface area contributed by atoms with Crippen molar-refractivity contribution in [1.82, 2.24) is 5.32 Å². The van der Waals surface area contributed by atoms with Crippen LogP contribution in [0.15, 0.2) is 78.6 Å². The second kappa shape index (κ2) is 8.20. The molecule has 0 radical (unpaired) electrons. The number of ether oxygens (including phenoxy) is 1. The summed E-state index contributed by atoms with van der Waals surface area (Å²) in [6, 6.07) is 18.3. The minimum Gasteiger partial charge on any atom is -0.508 e. The first kappa shape index (κ1) is 18.3. The molecule has 4 nitrogen and oxygen atoms in total. The molecule has 2 rings (SSSR count). The summed E-state index contributed by atoms with van der Waals surface area (Å²) in [5.41, 5.74) is 1.43. The largest absolute Gasteiger partial charge is 0.508 e.